The predicted molar refractivity (Wildman–Crippen MR) is 88.8 cm³/mol. The molecule has 4 heteroatoms. The summed E-state index contributed by atoms with van der Waals surface area (Å²) in [5.74, 6) is 5.47. The molecule has 0 unspecified atom stereocenters. The Morgan fingerprint density at radius 1 is 1.09 bits per heavy atom. The SMILES string of the molecule is CC(C)(O)C(=O)Nc1cccc(Cl)c1C#Cc1ccccc1. The monoisotopic (exact) mass is 313 g/mol. The van der Waals surface area contributed by atoms with Gasteiger partial charge in [-0.3, -0.25) is 4.79 Å². The molecular formula is C18H16ClNO2. The summed E-state index contributed by atoms with van der Waals surface area (Å²) in [6, 6.07) is 14.6. The van der Waals surface area contributed by atoms with Crippen LogP contribution in [-0.2, 0) is 4.79 Å². The van der Waals surface area contributed by atoms with Gasteiger partial charge in [0.15, 0.2) is 0 Å². The van der Waals surface area contributed by atoms with E-state index in [9.17, 15) is 9.90 Å². The second kappa shape index (κ2) is 6.65. The number of amides is 1. The van der Waals surface area contributed by atoms with E-state index >= 15 is 0 Å². The molecule has 2 aromatic carbocycles. The average molecular weight is 314 g/mol. The summed E-state index contributed by atoms with van der Waals surface area (Å²) in [4.78, 5) is 11.9. The second-order valence-corrected chi connectivity index (χ2v) is 5.70. The fourth-order valence-corrected chi connectivity index (χ4v) is 1.91. The minimum absolute atomic E-state index is 0.442. The maximum Gasteiger partial charge on any atom is 0.255 e. The number of benzene rings is 2. The molecular weight excluding hydrogens is 298 g/mol. The van der Waals surface area contributed by atoms with Gasteiger partial charge in [-0.15, -0.1) is 0 Å². The van der Waals surface area contributed by atoms with Gasteiger partial charge in [-0.05, 0) is 38.1 Å². The van der Waals surface area contributed by atoms with Crippen molar-refractivity contribution in [2.24, 2.45) is 0 Å². The first kappa shape index (κ1) is 16.1. The maximum atomic E-state index is 11.9. The molecule has 0 spiro atoms. The van der Waals surface area contributed by atoms with Crippen LogP contribution in [0.2, 0.25) is 5.02 Å². The van der Waals surface area contributed by atoms with Gasteiger partial charge in [-0.25, -0.2) is 0 Å². The molecule has 0 atom stereocenters. The van der Waals surface area contributed by atoms with E-state index in [4.69, 9.17) is 11.6 Å². The number of hydrogen-bond donors (Lipinski definition) is 2. The lowest BCUT2D eigenvalue weighted by molar-refractivity contribution is -0.130. The van der Waals surface area contributed by atoms with Crippen LogP contribution in [0.5, 0.6) is 0 Å². The Morgan fingerprint density at radius 3 is 2.41 bits per heavy atom. The second-order valence-electron chi connectivity index (χ2n) is 5.29. The van der Waals surface area contributed by atoms with Crippen LogP contribution in [0.25, 0.3) is 0 Å². The summed E-state index contributed by atoms with van der Waals surface area (Å²) >= 11 is 6.18. The first-order valence-corrected chi connectivity index (χ1v) is 7.15. The Balaban J connectivity index is 2.36. The minimum atomic E-state index is -1.48. The molecule has 1 amide bonds. The van der Waals surface area contributed by atoms with Gasteiger partial charge in [0, 0.05) is 5.56 Å². The van der Waals surface area contributed by atoms with Crippen molar-refractivity contribution in [2.75, 3.05) is 5.32 Å². The number of nitrogens with one attached hydrogen (secondary N) is 1. The van der Waals surface area contributed by atoms with Crippen LogP contribution >= 0.6 is 11.6 Å². The molecule has 22 heavy (non-hydrogen) atoms. The number of hydrogen-bond acceptors (Lipinski definition) is 2. The molecule has 2 aromatic rings. The minimum Gasteiger partial charge on any atom is -0.381 e. The van der Waals surface area contributed by atoms with Crippen molar-refractivity contribution in [1.29, 1.82) is 0 Å². The highest BCUT2D eigenvalue weighted by atomic mass is 35.5. The van der Waals surface area contributed by atoms with Crippen LogP contribution in [0.4, 0.5) is 5.69 Å². The van der Waals surface area contributed by atoms with Gasteiger partial charge in [0.25, 0.3) is 5.91 Å². The van der Waals surface area contributed by atoms with E-state index in [-0.39, 0.29) is 0 Å². The fraction of sp³-hybridized carbons (Fsp3) is 0.167. The van der Waals surface area contributed by atoms with Crippen LogP contribution in [0.15, 0.2) is 48.5 Å². The Labute approximate surface area is 134 Å². The smallest absolute Gasteiger partial charge is 0.255 e. The number of halogens is 1. The molecule has 3 nitrogen and oxygen atoms in total. The van der Waals surface area contributed by atoms with Crippen molar-refractivity contribution < 1.29 is 9.90 Å². The predicted octanol–water partition coefficient (Wildman–Crippen LogP) is 3.45. The average Bonchev–Trinajstić information content (AvgIpc) is 2.46. The van der Waals surface area contributed by atoms with Gasteiger partial charge in [0.2, 0.25) is 0 Å². The number of carbonyl (C=O) groups excluding carboxylic acids is 1. The van der Waals surface area contributed by atoms with Gasteiger partial charge < -0.3 is 10.4 Å². The Morgan fingerprint density at radius 2 is 1.77 bits per heavy atom. The summed E-state index contributed by atoms with van der Waals surface area (Å²) < 4.78 is 0. The standard InChI is InChI=1S/C18H16ClNO2/c1-18(2,22)17(21)20-16-10-6-9-15(19)14(16)12-11-13-7-4-3-5-8-13/h3-10,22H,1-2H3,(H,20,21). The molecule has 0 heterocycles. The highest BCUT2D eigenvalue weighted by Gasteiger charge is 2.24. The zero-order valence-corrected chi connectivity index (χ0v) is 13.1. The van der Waals surface area contributed by atoms with E-state index in [1.165, 1.54) is 13.8 Å². The molecule has 2 rings (SSSR count). The van der Waals surface area contributed by atoms with Gasteiger partial charge in [0.05, 0.1) is 16.3 Å². The molecule has 0 radical (unpaired) electrons. The molecule has 0 saturated carbocycles. The summed E-state index contributed by atoms with van der Waals surface area (Å²) in [6.07, 6.45) is 0. The number of anilines is 1. The van der Waals surface area contributed by atoms with Crippen molar-refractivity contribution in [3.8, 4) is 11.8 Å². The summed E-state index contributed by atoms with van der Waals surface area (Å²) in [7, 11) is 0. The van der Waals surface area contributed by atoms with E-state index in [0.29, 0.717) is 16.3 Å². The van der Waals surface area contributed by atoms with E-state index in [1.54, 1.807) is 18.2 Å². The number of aliphatic hydroxyl groups is 1. The first-order valence-electron chi connectivity index (χ1n) is 6.77. The Kier molecular flexibility index (Phi) is 4.87. The lowest BCUT2D eigenvalue weighted by atomic mass is 10.1. The molecule has 2 N–H and O–H groups in total. The molecule has 0 bridgehead atoms. The zero-order valence-electron chi connectivity index (χ0n) is 12.4. The van der Waals surface area contributed by atoms with Crippen LogP contribution in [0.3, 0.4) is 0 Å². The molecule has 112 valence electrons. The summed E-state index contributed by atoms with van der Waals surface area (Å²) in [5, 5.41) is 12.8. The molecule has 0 fully saturated rings. The van der Waals surface area contributed by atoms with Gasteiger partial charge in [-0.1, -0.05) is 47.7 Å². The highest BCUT2D eigenvalue weighted by molar-refractivity contribution is 6.32. The van der Waals surface area contributed by atoms with E-state index in [1.807, 2.05) is 30.3 Å². The fourth-order valence-electron chi connectivity index (χ4n) is 1.69. The summed E-state index contributed by atoms with van der Waals surface area (Å²) in [5.41, 5.74) is 0.364. The van der Waals surface area contributed by atoms with Gasteiger partial charge >= 0.3 is 0 Å². The molecule has 0 aliphatic carbocycles. The van der Waals surface area contributed by atoms with E-state index in [2.05, 4.69) is 17.2 Å². The van der Waals surface area contributed by atoms with Crippen molar-refractivity contribution >= 4 is 23.2 Å². The Bertz CT molecular complexity index is 737. The quantitative estimate of drug-likeness (QED) is 0.834. The van der Waals surface area contributed by atoms with Crippen molar-refractivity contribution in [3.05, 3.63) is 64.7 Å². The molecule has 0 aliphatic heterocycles. The largest absolute Gasteiger partial charge is 0.381 e. The van der Waals surface area contributed by atoms with Gasteiger partial charge in [0.1, 0.15) is 5.60 Å². The summed E-state index contributed by atoms with van der Waals surface area (Å²) in [6.45, 7) is 2.84. The third-order valence-electron chi connectivity index (χ3n) is 2.92. The topological polar surface area (TPSA) is 49.3 Å². The zero-order chi connectivity index (χ0) is 16.2. The number of carbonyl (C=O) groups is 1. The molecule has 0 aromatic heterocycles. The molecule has 0 aliphatic rings. The van der Waals surface area contributed by atoms with E-state index in [0.717, 1.165) is 5.56 Å². The van der Waals surface area contributed by atoms with Crippen LogP contribution in [0.1, 0.15) is 25.0 Å². The third kappa shape index (κ3) is 4.11. The number of rotatable bonds is 2. The van der Waals surface area contributed by atoms with Crippen LogP contribution in [-0.4, -0.2) is 16.6 Å². The van der Waals surface area contributed by atoms with Crippen LogP contribution in [0, 0.1) is 11.8 Å². The van der Waals surface area contributed by atoms with Crippen molar-refractivity contribution in [3.63, 3.8) is 0 Å². The highest BCUT2D eigenvalue weighted by Crippen LogP contribution is 2.24. The molecule has 0 saturated heterocycles. The Hall–Kier alpha value is -2.28. The van der Waals surface area contributed by atoms with Crippen LogP contribution < -0.4 is 5.32 Å². The maximum absolute atomic E-state index is 11.9. The van der Waals surface area contributed by atoms with Gasteiger partial charge in [-0.2, -0.15) is 0 Å². The normalized spacial score (nSPS) is 10.5. The van der Waals surface area contributed by atoms with Crippen molar-refractivity contribution in [2.45, 2.75) is 19.4 Å². The third-order valence-corrected chi connectivity index (χ3v) is 3.24. The lowest BCUT2D eigenvalue weighted by Gasteiger charge is -2.17. The first-order chi connectivity index (χ1) is 10.4. The van der Waals surface area contributed by atoms with E-state index < -0.39 is 11.5 Å². The lowest BCUT2D eigenvalue weighted by Crippen LogP contribution is -2.36. The van der Waals surface area contributed by atoms with Crippen molar-refractivity contribution in [1.82, 2.24) is 0 Å².